The molecule has 11 nitrogen and oxygen atoms in total. The van der Waals surface area contributed by atoms with Crippen molar-refractivity contribution in [3.05, 3.63) is 64.6 Å². The molecule has 3 N–H and O–H groups in total. The Balaban J connectivity index is 1.31. The standard InChI is InChI=1S/C26H27ClN6O5/c1-14(24(35)31-22(11-34)15-4-3-5-18(6-15)37-2)33-10-21-19(25(33)36)7-16(8-28-21)23-20(27)9-29-26(32-23)30-17-12-38-13-17/h3-9,14,17,22,34H,10-13H2,1-2H3,(H,31,35)(H,29,30,32)/t14-,22-/m1/s1. The van der Waals surface area contributed by atoms with Crippen LogP contribution in [0, 0.1) is 0 Å². The van der Waals surface area contributed by atoms with Gasteiger partial charge in [-0.05, 0) is 30.7 Å². The van der Waals surface area contributed by atoms with Crippen LogP contribution in [-0.2, 0) is 16.1 Å². The Morgan fingerprint density at radius 3 is 2.82 bits per heavy atom. The van der Waals surface area contributed by atoms with Gasteiger partial charge in [0.25, 0.3) is 5.91 Å². The summed E-state index contributed by atoms with van der Waals surface area (Å²) in [5.41, 5.74) is 2.64. The largest absolute Gasteiger partial charge is 0.497 e. The molecule has 1 aromatic carbocycles. The molecule has 0 bridgehead atoms. The molecular formula is C26H27ClN6O5. The van der Waals surface area contributed by atoms with Crippen molar-refractivity contribution in [2.75, 3.05) is 32.2 Å². The van der Waals surface area contributed by atoms with Crippen LogP contribution in [0.5, 0.6) is 5.75 Å². The summed E-state index contributed by atoms with van der Waals surface area (Å²) in [5, 5.41) is 16.2. The smallest absolute Gasteiger partial charge is 0.256 e. The van der Waals surface area contributed by atoms with Crippen LogP contribution >= 0.6 is 11.6 Å². The van der Waals surface area contributed by atoms with Crippen LogP contribution in [0.1, 0.15) is 34.6 Å². The Labute approximate surface area is 224 Å². The number of benzene rings is 1. The Bertz CT molecular complexity index is 1370. The SMILES string of the molecule is COc1cccc([C@@H](CO)NC(=O)[C@@H](C)N2Cc3ncc(-c4nc(NC5COC5)ncc4Cl)cc3C2=O)c1. The van der Waals surface area contributed by atoms with Crippen LogP contribution in [0.15, 0.2) is 42.7 Å². The number of methoxy groups -OCH3 is 1. The fraction of sp³-hybridized carbons (Fsp3) is 0.346. The number of ether oxygens (including phenoxy) is 2. The molecule has 12 heteroatoms. The van der Waals surface area contributed by atoms with Gasteiger partial charge in [-0.3, -0.25) is 14.6 Å². The number of aromatic nitrogens is 3. The predicted octanol–water partition coefficient (Wildman–Crippen LogP) is 2.21. The van der Waals surface area contributed by atoms with Gasteiger partial charge in [0.15, 0.2) is 0 Å². The third-order valence-corrected chi connectivity index (χ3v) is 6.89. The molecule has 2 aromatic heterocycles. The van der Waals surface area contributed by atoms with Crippen molar-refractivity contribution in [2.45, 2.75) is 31.6 Å². The number of amides is 2. The summed E-state index contributed by atoms with van der Waals surface area (Å²) in [6.45, 7) is 2.67. The van der Waals surface area contributed by atoms with Crippen molar-refractivity contribution in [1.29, 1.82) is 0 Å². The molecule has 1 saturated heterocycles. The van der Waals surface area contributed by atoms with E-state index in [4.69, 9.17) is 21.1 Å². The molecule has 3 aromatic rings. The molecule has 0 unspecified atom stereocenters. The molecule has 2 atom stereocenters. The number of aliphatic hydroxyl groups is 1. The number of aliphatic hydroxyl groups excluding tert-OH is 1. The Morgan fingerprint density at radius 2 is 2.11 bits per heavy atom. The molecule has 0 spiro atoms. The van der Waals surface area contributed by atoms with Gasteiger partial charge in [-0.15, -0.1) is 0 Å². The minimum atomic E-state index is -0.803. The molecule has 5 rings (SSSR count). The first-order valence-electron chi connectivity index (χ1n) is 12.1. The number of nitrogens with zero attached hydrogens (tertiary/aromatic N) is 4. The average molecular weight is 539 g/mol. The quantitative estimate of drug-likeness (QED) is 0.374. The molecule has 4 heterocycles. The number of carbonyl (C=O) groups is 2. The number of pyridine rings is 1. The summed E-state index contributed by atoms with van der Waals surface area (Å²) in [6.07, 6.45) is 3.11. The van der Waals surface area contributed by atoms with Gasteiger partial charge in [0, 0.05) is 11.8 Å². The molecule has 0 aliphatic carbocycles. The fourth-order valence-corrected chi connectivity index (χ4v) is 4.50. The summed E-state index contributed by atoms with van der Waals surface area (Å²) < 4.78 is 10.4. The van der Waals surface area contributed by atoms with Gasteiger partial charge in [-0.2, -0.15) is 0 Å². The maximum Gasteiger partial charge on any atom is 0.256 e. The predicted molar refractivity (Wildman–Crippen MR) is 139 cm³/mol. The Hall–Kier alpha value is -3.80. The van der Waals surface area contributed by atoms with Crippen LogP contribution in [0.4, 0.5) is 5.95 Å². The van der Waals surface area contributed by atoms with E-state index in [0.29, 0.717) is 58.0 Å². The van der Waals surface area contributed by atoms with Crippen molar-refractivity contribution in [1.82, 2.24) is 25.2 Å². The average Bonchev–Trinajstić information content (AvgIpc) is 3.25. The number of carbonyl (C=O) groups excluding carboxylic acids is 2. The number of fused-ring (bicyclic) bond motifs is 1. The highest BCUT2D eigenvalue weighted by Gasteiger charge is 2.36. The molecule has 2 amide bonds. The molecule has 0 saturated carbocycles. The number of hydrogen-bond donors (Lipinski definition) is 3. The zero-order valence-electron chi connectivity index (χ0n) is 20.8. The van der Waals surface area contributed by atoms with E-state index < -0.39 is 18.0 Å². The van der Waals surface area contributed by atoms with Gasteiger partial charge in [0.2, 0.25) is 11.9 Å². The van der Waals surface area contributed by atoms with Gasteiger partial charge >= 0.3 is 0 Å². The molecule has 38 heavy (non-hydrogen) atoms. The highest BCUT2D eigenvalue weighted by Crippen LogP contribution is 2.31. The maximum atomic E-state index is 13.3. The summed E-state index contributed by atoms with van der Waals surface area (Å²) in [4.78, 5) is 41.1. The van der Waals surface area contributed by atoms with E-state index in [-0.39, 0.29) is 25.1 Å². The summed E-state index contributed by atoms with van der Waals surface area (Å²) >= 11 is 6.37. The van der Waals surface area contributed by atoms with Gasteiger partial charge < -0.3 is 30.1 Å². The Morgan fingerprint density at radius 1 is 1.29 bits per heavy atom. The van der Waals surface area contributed by atoms with Gasteiger partial charge in [0.05, 0.1) is 73.7 Å². The lowest BCUT2D eigenvalue weighted by Gasteiger charge is -2.26. The molecule has 1 fully saturated rings. The van der Waals surface area contributed by atoms with Crippen molar-refractivity contribution >= 4 is 29.4 Å². The van der Waals surface area contributed by atoms with Crippen LogP contribution in [-0.4, -0.2) is 75.8 Å². The normalized spacial score (nSPS) is 16.4. The number of nitrogens with one attached hydrogen (secondary N) is 2. The number of hydrogen-bond acceptors (Lipinski definition) is 9. The molecule has 0 radical (unpaired) electrons. The van der Waals surface area contributed by atoms with E-state index in [2.05, 4.69) is 25.6 Å². The van der Waals surface area contributed by atoms with E-state index >= 15 is 0 Å². The fourth-order valence-electron chi connectivity index (χ4n) is 4.30. The highest BCUT2D eigenvalue weighted by atomic mass is 35.5. The highest BCUT2D eigenvalue weighted by molar-refractivity contribution is 6.33. The summed E-state index contributed by atoms with van der Waals surface area (Å²) in [6, 6.07) is 7.46. The summed E-state index contributed by atoms with van der Waals surface area (Å²) in [5.74, 6) is 0.293. The van der Waals surface area contributed by atoms with Gasteiger partial charge in [0.1, 0.15) is 11.8 Å². The van der Waals surface area contributed by atoms with Crippen LogP contribution in [0.25, 0.3) is 11.3 Å². The second-order valence-electron chi connectivity index (χ2n) is 9.12. The number of halogens is 1. The lowest BCUT2D eigenvalue weighted by molar-refractivity contribution is -0.126. The van der Waals surface area contributed by atoms with E-state index in [1.165, 1.54) is 11.1 Å². The van der Waals surface area contributed by atoms with Crippen LogP contribution in [0.2, 0.25) is 5.02 Å². The summed E-state index contributed by atoms with van der Waals surface area (Å²) in [7, 11) is 1.54. The van der Waals surface area contributed by atoms with Gasteiger partial charge in [-0.25, -0.2) is 9.97 Å². The molecule has 2 aliphatic heterocycles. The third kappa shape index (κ3) is 5.13. The zero-order chi connectivity index (χ0) is 26.8. The maximum absolute atomic E-state index is 13.3. The van der Waals surface area contributed by atoms with Crippen molar-refractivity contribution in [3.8, 4) is 17.0 Å². The van der Waals surface area contributed by atoms with Crippen molar-refractivity contribution in [3.63, 3.8) is 0 Å². The van der Waals surface area contributed by atoms with E-state index in [9.17, 15) is 14.7 Å². The van der Waals surface area contributed by atoms with Crippen molar-refractivity contribution < 1.29 is 24.2 Å². The lowest BCUT2D eigenvalue weighted by atomic mass is 10.1. The lowest BCUT2D eigenvalue weighted by Crippen LogP contribution is -2.46. The first kappa shape index (κ1) is 25.8. The number of anilines is 1. The first-order chi connectivity index (χ1) is 18.4. The zero-order valence-corrected chi connectivity index (χ0v) is 21.6. The topological polar surface area (TPSA) is 139 Å². The third-order valence-electron chi connectivity index (χ3n) is 6.61. The van der Waals surface area contributed by atoms with Gasteiger partial charge in [-0.1, -0.05) is 23.7 Å². The van der Waals surface area contributed by atoms with E-state index in [1.54, 1.807) is 50.6 Å². The van der Waals surface area contributed by atoms with Crippen LogP contribution in [0.3, 0.4) is 0 Å². The Kier molecular flexibility index (Phi) is 7.41. The number of rotatable bonds is 9. The monoisotopic (exact) mass is 538 g/mol. The first-order valence-corrected chi connectivity index (χ1v) is 12.5. The minimum Gasteiger partial charge on any atom is -0.497 e. The van der Waals surface area contributed by atoms with E-state index in [1.807, 2.05) is 0 Å². The second kappa shape index (κ2) is 10.9. The molecular weight excluding hydrogens is 512 g/mol. The second-order valence-corrected chi connectivity index (χ2v) is 9.52. The molecule has 2 aliphatic rings. The minimum absolute atomic E-state index is 0.138. The molecule has 198 valence electrons. The van der Waals surface area contributed by atoms with Crippen molar-refractivity contribution in [2.24, 2.45) is 0 Å². The van der Waals surface area contributed by atoms with Crippen LogP contribution < -0.4 is 15.4 Å². The van der Waals surface area contributed by atoms with E-state index in [0.717, 1.165) is 0 Å².